The van der Waals surface area contributed by atoms with Crippen LogP contribution in [0.2, 0.25) is 0 Å². The number of nitrogens with zero attached hydrogens (tertiary/aromatic N) is 2. The Bertz CT molecular complexity index is 889. The van der Waals surface area contributed by atoms with Gasteiger partial charge in [0.05, 0.1) is 18.4 Å². The first-order valence-corrected chi connectivity index (χ1v) is 9.71. The average Bonchev–Trinajstić information content (AvgIpc) is 2.74. The fraction of sp³-hybridized carbons (Fsp3) is 0.364. The third-order valence-electron chi connectivity index (χ3n) is 5.08. The first-order chi connectivity index (χ1) is 13.9. The lowest BCUT2D eigenvalue weighted by Crippen LogP contribution is -2.46. The molecular formula is C22H27N3O4. The van der Waals surface area contributed by atoms with Gasteiger partial charge in [0.15, 0.2) is 0 Å². The Balaban J connectivity index is 1.72. The molecule has 2 aromatic carbocycles. The second kappa shape index (κ2) is 8.86. The van der Waals surface area contributed by atoms with E-state index in [9.17, 15) is 14.7 Å². The predicted molar refractivity (Wildman–Crippen MR) is 114 cm³/mol. The number of hydrogen-bond acceptors (Lipinski definition) is 5. The molecule has 1 saturated heterocycles. The summed E-state index contributed by atoms with van der Waals surface area (Å²) in [6, 6.07) is 13.2. The maximum Gasteiger partial charge on any atom is 0.337 e. The van der Waals surface area contributed by atoms with E-state index in [0.717, 1.165) is 43.3 Å². The molecule has 0 atom stereocenters. The number of rotatable bonds is 6. The molecule has 0 unspecified atom stereocenters. The van der Waals surface area contributed by atoms with Crippen LogP contribution in [0.25, 0.3) is 0 Å². The van der Waals surface area contributed by atoms with Crippen LogP contribution in [-0.4, -0.2) is 50.3 Å². The van der Waals surface area contributed by atoms with Crippen LogP contribution < -0.4 is 19.9 Å². The number of anilines is 3. The molecule has 154 valence electrons. The van der Waals surface area contributed by atoms with Crippen LogP contribution in [0, 0.1) is 5.92 Å². The Morgan fingerprint density at radius 2 is 1.62 bits per heavy atom. The van der Waals surface area contributed by atoms with Gasteiger partial charge >= 0.3 is 5.97 Å². The summed E-state index contributed by atoms with van der Waals surface area (Å²) in [5, 5.41) is 12.3. The lowest BCUT2D eigenvalue weighted by Gasteiger charge is -2.37. The van der Waals surface area contributed by atoms with Gasteiger partial charge in [-0.1, -0.05) is 19.9 Å². The van der Waals surface area contributed by atoms with Crippen LogP contribution in [0.1, 0.15) is 24.2 Å². The molecule has 0 aromatic heterocycles. The van der Waals surface area contributed by atoms with Gasteiger partial charge in [-0.25, -0.2) is 4.79 Å². The lowest BCUT2D eigenvalue weighted by atomic mass is 10.1. The van der Waals surface area contributed by atoms with Crippen LogP contribution in [-0.2, 0) is 4.79 Å². The topological polar surface area (TPSA) is 82.1 Å². The molecule has 1 aliphatic heterocycles. The largest absolute Gasteiger partial charge is 0.497 e. The average molecular weight is 397 g/mol. The van der Waals surface area contributed by atoms with Gasteiger partial charge in [0, 0.05) is 49.5 Å². The Labute approximate surface area is 170 Å². The van der Waals surface area contributed by atoms with Crippen molar-refractivity contribution in [3.63, 3.8) is 0 Å². The van der Waals surface area contributed by atoms with E-state index in [1.807, 2.05) is 24.3 Å². The zero-order valence-electron chi connectivity index (χ0n) is 17.0. The summed E-state index contributed by atoms with van der Waals surface area (Å²) in [5.74, 6) is -0.649. The second-order valence-electron chi connectivity index (χ2n) is 7.35. The van der Waals surface area contributed by atoms with Crippen LogP contribution in [0.5, 0.6) is 5.75 Å². The number of hydrogen-bond donors (Lipinski definition) is 2. The Morgan fingerprint density at radius 3 is 2.17 bits per heavy atom. The van der Waals surface area contributed by atoms with Gasteiger partial charge in [-0.2, -0.15) is 0 Å². The smallest absolute Gasteiger partial charge is 0.337 e. The van der Waals surface area contributed by atoms with E-state index in [1.165, 1.54) is 0 Å². The maximum absolute atomic E-state index is 12.0. The first-order valence-electron chi connectivity index (χ1n) is 9.71. The van der Waals surface area contributed by atoms with E-state index in [2.05, 4.69) is 21.2 Å². The highest BCUT2D eigenvalue weighted by atomic mass is 16.5. The minimum absolute atomic E-state index is 0.103. The number of carbonyl (C=O) groups excluding carboxylic acids is 1. The highest BCUT2D eigenvalue weighted by Gasteiger charge is 2.21. The fourth-order valence-corrected chi connectivity index (χ4v) is 3.32. The second-order valence-corrected chi connectivity index (χ2v) is 7.35. The van der Waals surface area contributed by atoms with E-state index in [1.54, 1.807) is 33.1 Å². The molecule has 0 radical (unpaired) electrons. The molecule has 3 rings (SSSR count). The van der Waals surface area contributed by atoms with E-state index < -0.39 is 5.97 Å². The number of carboxylic acids is 1. The number of benzene rings is 2. The van der Waals surface area contributed by atoms with Gasteiger partial charge in [-0.05, 0) is 30.3 Å². The normalized spacial score (nSPS) is 14.1. The van der Waals surface area contributed by atoms with E-state index >= 15 is 0 Å². The minimum atomic E-state index is -1.05. The third kappa shape index (κ3) is 4.80. The SMILES string of the molecule is COc1cccc(N2CCN(c3ccc(NC(=O)C(C)C)c(C(=O)O)c3)CC2)c1. The molecule has 0 spiro atoms. The van der Waals surface area contributed by atoms with Crippen molar-refractivity contribution >= 4 is 28.9 Å². The number of methoxy groups -OCH3 is 1. The quantitative estimate of drug-likeness (QED) is 0.778. The van der Waals surface area contributed by atoms with Gasteiger partial charge in [0.25, 0.3) is 0 Å². The van der Waals surface area contributed by atoms with E-state index in [0.29, 0.717) is 5.69 Å². The minimum Gasteiger partial charge on any atom is -0.497 e. The van der Waals surface area contributed by atoms with E-state index in [-0.39, 0.29) is 17.4 Å². The molecule has 29 heavy (non-hydrogen) atoms. The van der Waals surface area contributed by atoms with Crippen LogP contribution in [0.4, 0.5) is 17.1 Å². The molecule has 1 heterocycles. The first kappa shape index (κ1) is 20.5. The molecule has 0 bridgehead atoms. The summed E-state index contributed by atoms with van der Waals surface area (Å²) >= 11 is 0. The highest BCUT2D eigenvalue weighted by Crippen LogP contribution is 2.27. The monoisotopic (exact) mass is 397 g/mol. The fourth-order valence-electron chi connectivity index (χ4n) is 3.32. The van der Waals surface area contributed by atoms with Crippen molar-refractivity contribution in [2.45, 2.75) is 13.8 Å². The molecule has 0 saturated carbocycles. The Morgan fingerprint density at radius 1 is 1.00 bits per heavy atom. The van der Waals surface area contributed by atoms with Crippen molar-refractivity contribution in [1.29, 1.82) is 0 Å². The molecule has 0 aliphatic carbocycles. The molecule has 1 fully saturated rings. The van der Waals surface area contributed by atoms with Crippen LogP contribution >= 0.6 is 0 Å². The molecule has 7 heteroatoms. The van der Waals surface area contributed by atoms with Crippen molar-refractivity contribution in [2.75, 3.05) is 48.4 Å². The van der Waals surface area contributed by atoms with Gasteiger partial charge in [0.1, 0.15) is 5.75 Å². The molecule has 2 N–H and O–H groups in total. The number of nitrogens with one attached hydrogen (secondary N) is 1. The maximum atomic E-state index is 12.0. The van der Waals surface area contributed by atoms with Crippen LogP contribution in [0.15, 0.2) is 42.5 Å². The van der Waals surface area contributed by atoms with Gasteiger partial charge in [0.2, 0.25) is 5.91 Å². The molecular weight excluding hydrogens is 370 g/mol. The van der Waals surface area contributed by atoms with Gasteiger partial charge in [-0.15, -0.1) is 0 Å². The summed E-state index contributed by atoms with van der Waals surface area (Å²) in [7, 11) is 1.66. The third-order valence-corrected chi connectivity index (χ3v) is 5.08. The van der Waals surface area contributed by atoms with Crippen LogP contribution in [0.3, 0.4) is 0 Å². The van der Waals surface area contributed by atoms with Crippen molar-refractivity contribution in [3.8, 4) is 5.75 Å². The number of carbonyl (C=O) groups is 2. The molecule has 1 amide bonds. The molecule has 2 aromatic rings. The van der Waals surface area contributed by atoms with Gasteiger partial charge < -0.3 is 25.0 Å². The van der Waals surface area contributed by atoms with Crippen molar-refractivity contribution in [1.82, 2.24) is 0 Å². The van der Waals surface area contributed by atoms with Crippen molar-refractivity contribution in [3.05, 3.63) is 48.0 Å². The number of piperazine rings is 1. The number of ether oxygens (including phenoxy) is 1. The summed E-state index contributed by atoms with van der Waals surface area (Å²) in [4.78, 5) is 28.1. The summed E-state index contributed by atoms with van der Waals surface area (Å²) < 4.78 is 5.30. The molecule has 1 aliphatic rings. The van der Waals surface area contributed by atoms with Crippen molar-refractivity contribution in [2.24, 2.45) is 5.92 Å². The van der Waals surface area contributed by atoms with E-state index in [4.69, 9.17) is 4.74 Å². The summed E-state index contributed by atoms with van der Waals surface area (Å²) in [6.45, 7) is 6.72. The number of aromatic carboxylic acids is 1. The lowest BCUT2D eigenvalue weighted by molar-refractivity contribution is -0.118. The van der Waals surface area contributed by atoms with Crippen molar-refractivity contribution < 1.29 is 19.4 Å². The summed E-state index contributed by atoms with van der Waals surface area (Å²) in [5.41, 5.74) is 2.39. The predicted octanol–water partition coefficient (Wildman–Crippen LogP) is 3.31. The Kier molecular flexibility index (Phi) is 6.26. The molecule has 7 nitrogen and oxygen atoms in total. The number of amides is 1. The number of carboxylic acid groups (broad SMARTS) is 1. The Hall–Kier alpha value is -3.22. The highest BCUT2D eigenvalue weighted by molar-refractivity contribution is 6.01. The zero-order valence-corrected chi connectivity index (χ0v) is 17.0. The summed E-state index contributed by atoms with van der Waals surface area (Å²) in [6.07, 6.45) is 0. The van der Waals surface area contributed by atoms with Gasteiger partial charge in [-0.3, -0.25) is 4.79 Å². The standard InChI is InChI=1S/C22H27N3O4/c1-15(2)21(26)23-20-8-7-17(14-19(20)22(27)28)25-11-9-24(10-12-25)16-5-4-6-18(13-16)29-3/h4-8,13-15H,9-12H2,1-3H3,(H,23,26)(H,27,28). The zero-order chi connectivity index (χ0) is 21.0.